The average Bonchev–Trinajstić information content (AvgIpc) is 3.13. The van der Waals surface area contributed by atoms with E-state index in [-0.39, 0.29) is 22.1 Å². The van der Waals surface area contributed by atoms with E-state index in [0.29, 0.717) is 5.69 Å². The van der Waals surface area contributed by atoms with Crippen LogP contribution in [0.4, 0.5) is 5.69 Å². The molecule has 0 saturated carbocycles. The van der Waals surface area contributed by atoms with Crippen LogP contribution in [-0.4, -0.2) is 94.7 Å². The van der Waals surface area contributed by atoms with Gasteiger partial charge in [-0.15, -0.1) is 23.5 Å². The molecule has 2 fully saturated rings. The molecular weight excluding hydrogens is 478 g/mol. The number of rotatable bonds is 4. The van der Waals surface area contributed by atoms with Crippen LogP contribution in [0.25, 0.3) is 0 Å². The summed E-state index contributed by atoms with van der Waals surface area (Å²) in [7, 11) is 6.10. The summed E-state index contributed by atoms with van der Waals surface area (Å²) in [5.41, 5.74) is -1.32. The second-order valence-corrected chi connectivity index (χ2v) is 10.8. The van der Waals surface area contributed by atoms with Crippen LogP contribution in [0.3, 0.4) is 0 Å². The molecule has 1 aromatic rings. The Kier molecular flexibility index (Phi) is 5.34. The minimum atomic E-state index is -2.01. The number of aliphatic hydroxyl groups is 2. The van der Waals surface area contributed by atoms with Crippen LogP contribution in [0.2, 0.25) is 5.02 Å². The number of nitrogens with zero attached hydrogens (tertiary/aromatic N) is 3. The first-order valence-electron chi connectivity index (χ1n) is 9.75. The van der Waals surface area contributed by atoms with E-state index in [0.717, 1.165) is 11.8 Å². The zero-order valence-electron chi connectivity index (χ0n) is 18.8. The molecule has 0 radical (unpaired) electrons. The lowest BCUT2D eigenvalue weighted by Crippen LogP contribution is -2.75. The van der Waals surface area contributed by atoms with E-state index in [1.54, 1.807) is 38.4 Å². The van der Waals surface area contributed by atoms with Crippen LogP contribution >= 0.6 is 35.1 Å². The summed E-state index contributed by atoms with van der Waals surface area (Å²) < 4.78 is 11.0. The maximum absolute atomic E-state index is 13.9. The van der Waals surface area contributed by atoms with Gasteiger partial charge in [-0.1, -0.05) is 11.6 Å². The molecule has 3 aliphatic rings. The molecule has 32 heavy (non-hydrogen) atoms. The summed E-state index contributed by atoms with van der Waals surface area (Å²) in [5, 5.41) is 23.9. The second kappa shape index (κ2) is 7.23. The van der Waals surface area contributed by atoms with Crippen molar-refractivity contribution in [1.82, 2.24) is 9.80 Å². The SMILES string of the molecule is COc1c(Cl)cc2c(c1OC)N(C)C1N3C(=O)C(C)(SC)N(C)C(=O)C3(SC)C(O)C21O. The Labute approximate surface area is 199 Å². The zero-order chi connectivity index (χ0) is 24.0. The lowest BCUT2D eigenvalue weighted by Gasteiger charge is -2.53. The average molecular weight is 504 g/mol. The van der Waals surface area contributed by atoms with E-state index in [9.17, 15) is 19.8 Å². The first-order chi connectivity index (χ1) is 14.9. The number of anilines is 1. The number of hydrogen-bond acceptors (Lipinski definition) is 9. The Hall–Kier alpha value is -1.53. The number of benzene rings is 1. The zero-order valence-corrected chi connectivity index (χ0v) is 21.2. The van der Waals surface area contributed by atoms with Gasteiger partial charge in [0.2, 0.25) is 0 Å². The summed E-state index contributed by atoms with van der Waals surface area (Å²) in [6.07, 6.45) is 0.670. The van der Waals surface area contributed by atoms with E-state index in [1.165, 1.54) is 41.8 Å². The van der Waals surface area contributed by atoms with Crippen molar-refractivity contribution in [2.75, 3.05) is 45.7 Å². The van der Waals surface area contributed by atoms with Gasteiger partial charge in [0, 0.05) is 19.7 Å². The molecule has 5 unspecified atom stereocenters. The van der Waals surface area contributed by atoms with Crippen molar-refractivity contribution >= 4 is 52.6 Å². The third kappa shape index (κ3) is 2.31. The molecule has 1 aromatic carbocycles. The summed E-state index contributed by atoms with van der Waals surface area (Å²) in [6.45, 7) is 1.66. The Morgan fingerprint density at radius 1 is 1.09 bits per heavy atom. The van der Waals surface area contributed by atoms with Crippen molar-refractivity contribution in [3.63, 3.8) is 0 Å². The van der Waals surface area contributed by atoms with Crippen molar-refractivity contribution in [1.29, 1.82) is 0 Å². The highest BCUT2D eigenvalue weighted by Gasteiger charge is 2.79. The number of amides is 2. The predicted octanol–water partition coefficient (Wildman–Crippen LogP) is 1.13. The first kappa shape index (κ1) is 23.6. The highest BCUT2D eigenvalue weighted by atomic mass is 35.5. The Morgan fingerprint density at radius 3 is 2.19 bits per heavy atom. The minimum Gasteiger partial charge on any atom is -0.491 e. The molecule has 0 bridgehead atoms. The molecule has 2 N–H and O–H groups in total. The van der Waals surface area contributed by atoms with Crippen molar-refractivity contribution in [3.8, 4) is 11.5 Å². The van der Waals surface area contributed by atoms with Gasteiger partial charge >= 0.3 is 0 Å². The van der Waals surface area contributed by atoms with Gasteiger partial charge in [-0.05, 0) is 25.5 Å². The number of ether oxygens (including phenoxy) is 2. The van der Waals surface area contributed by atoms with E-state index >= 15 is 0 Å². The second-order valence-electron chi connectivity index (χ2n) is 8.16. The van der Waals surface area contributed by atoms with Gasteiger partial charge in [-0.3, -0.25) is 14.5 Å². The van der Waals surface area contributed by atoms with Crippen LogP contribution in [0.15, 0.2) is 6.07 Å². The molecule has 2 saturated heterocycles. The number of carbonyl (C=O) groups is 2. The summed E-state index contributed by atoms with van der Waals surface area (Å²) in [4.78, 5) is 29.0. The number of piperazine rings is 1. The largest absolute Gasteiger partial charge is 0.491 e. The molecule has 3 heterocycles. The molecule has 12 heteroatoms. The van der Waals surface area contributed by atoms with Gasteiger partial charge < -0.3 is 29.5 Å². The summed E-state index contributed by atoms with van der Waals surface area (Å²) in [6, 6.07) is 1.50. The quantitative estimate of drug-likeness (QED) is 0.626. The van der Waals surface area contributed by atoms with E-state index in [4.69, 9.17) is 21.1 Å². The van der Waals surface area contributed by atoms with Gasteiger partial charge in [0.15, 0.2) is 26.8 Å². The monoisotopic (exact) mass is 503 g/mol. The van der Waals surface area contributed by atoms with Crippen LogP contribution in [0, 0.1) is 0 Å². The summed E-state index contributed by atoms with van der Waals surface area (Å²) in [5.74, 6) is -0.317. The number of likely N-dealkylation sites (N-methyl/N-ethyl adjacent to an activating group) is 2. The minimum absolute atomic E-state index is 0.171. The molecule has 9 nitrogen and oxygen atoms in total. The standard InChI is InChI=1S/C20H26ClN3O6S2/c1-18(31-6)16(26)24-15-19(28,14(25)20(24,32-7)17(27)23(18)3)9-8-10(21)12(29-4)13(30-5)11(9)22(15)2/h8,14-15,25,28H,1-7H3. The highest BCUT2D eigenvalue weighted by Crippen LogP contribution is 2.64. The normalized spacial score (nSPS) is 35.8. The van der Waals surface area contributed by atoms with Crippen LogP contribution in [0.1, 0.15) is 12.5 Å². The van der Waals surface area contributed by atoms with Crippen molar-refractivity contribution in [2.45, 2.75) is 34.5 Å². The van der Waals surface area contributed by atoms with Crippen molar-refractivity contribution in [2.24, 2.45) is 0 Å². The number of thioether (sulfide) groups is 2. The van der Waals surface area contributed by atoms with E-state index < -0.39 is 39.4 Å². The van der Waals surface area contributed by atoms with Gasteiger partial charge in [-0.25, -0.2) is 0 Å². The fourth-order valence-corrected chi connectivity index (χ4v) is 7.26. The number of carbonyl (C=O) groups excluding carboxylic acids is 2. The van der Waals surface area contributed by atoms with Gasteiger partial charge in [0.25, 0.3) is 11.8 Å². The number of methoxy groups -OCH3 is 2. The number of halogens is 1. The molecule has 3 aliphatic heterocycles. The third-order valence-electron chi connectivity index (χ3n) is 7.08. The maximum Gasteiger partial charge on any atom is 0.263 e. The lowest BCUT2D eigenvalue weighted by atomic mass is 9.87. The van der Waals surface area contributed by atoms with Crippen molar-refractivity contribution in [3.05, 3.63) is 16.7 Å². The van der Waals surface area contributed by atoms with Gasteiger partial charge in [0.05, 0.1) is 24.9 Å². The number of aliphatic hydroxyl groups excluding tert-OH is 1. The smallest absolute Gasteiger partial charge is 0.263 e. The van der Waals surface area contributed by atoms with Gasteiger partial charge in [0.1, 0.15) is 12.3 Å². The number of hydrogen-bond donors (Lipinski definition) is 2. The Balaban J connectivity index is 2.05. The van der Waals surface area contributed by atoms with Crippen LogP contribution in [-0.2, 0) is 15.2 Å². The first-order valence-corrected chi connectivity index (χ1v) is 12.6. The van der Waals surface area contributed by atoms with Crippen LogP contribution in [0.5, 0.6) is 11.5 Å². The molecule has 176 valence electrons. The molecule has 5 atom stereocenters. The number of fused-ring (bicyclic) bond motifs is 5. The van der Waals surface area contributed by atoms with E-state index in [1.807, 2.05) is 0 Å². The van der Waals surface area contributed by atoms with Crippen molar-refractivity contribution < 1.29 is 29.3 Å². The van der Waals surface area contributed by atoms with Gasteiger partial charge in [-0.2, -0.15) is 0 Å². The van der Waals surface area contributed by atoms with E-state index in [2.05, 4.69) is 0 Å². The Bertz CT molecular complexity index is 1030. The fraction of sp³-hybridized carbons (Fsp3) is 0.600. The highest BCUT2D eigenvalue weighted by molar-refractivity contribution is 8.01. The predicted molar refractivity (Wildman–Crippen MR) is 124 cm³/mol. The molecule has 2 amide bonds. The molecular formula is C20H26ClN3O6S2. The fourth-order valence-electron chi connectivity index (χ4n) is 5.27. The Morgan fingerprint density at radius 2 is 1.69 bits per heavy atom. The molecule has 0 aromatic heterocycles. The van der Waals surface area contributed by atoms with Crippen LogP contribution < -0.4 is 14.4 Å². The molecule has 0 aliphatic carbocycles. The third-order valence-corrected chi connectivity index (χ3v) is 9.82. The molecule has 4 rings (SSSR count). The summed E-state index contributed by atoms with van der Waals surface area (Å²) >= 11 is 8.68. The maximum atomic E-state index is 13.9. The lowest BCUT2D eigenvalue weighted by molar-refractivity contribution is -0.166. The molecule has 0 spiro atoms. The topological polar surface area (TPSA) is 103 Å².